The SMILES string of the molecule is CCOC(=O)Cc1c(C(=O)OCC)[nH]c2ccc(F)cc12. The Morgan fingerprint density at radius 2 is 1.90 bits per heavy atom. The van der Waals surface area contributed by atoms with E-state index >= 15 is 0 Å². The van der Waals surface area contributed by atoms with Gasteiger partial charge in [0.2, 0.25) is 0 Å². The smallest absolute Gasteiger partial charge is 0.355 e. The highest BCUT2D eigenvalue weighted by Crippen LogP contribution is 2.25. The molecule has 2 aromatic rings. The number of ether oxygens (including phenoxy) is 2. The van der Waals surface area contributed by atoms with Crippen LogP contribution in [-0.2, 0) is 20.7 Å². The fourth-order valence-corrected chi connectivity index (χ4v) is 2.14. The largest absolute Gasteiger partial charge is 0.466 e. The van der Waals surface area contributed by atoms with Gasteiger partial charge in [-0.05, 0) is 32.0 Å². The fraction of sp³-hybridized carbons (Fsp3) is 0.333. The standard InChI is InChI=1S/C15H16FNO4/c1-3-20-13(18)8-11-10-7-9(16)5-6-12(10)17-14(11)15(19)21-4-2/h5-7,17H,3-4,8H2,1-2H3. The van der Waals surface area contributed by atoms with Crippen LogP contribution in [0.5, 0.6) is 0 Å². The van der Waals surface area contributed by atoms with E-state index in [9.17, 15) is 14.0 Å². The molecule has 0 radical (unpaired) electrons. The van der Waals surface area contributed by atoms with Crippen LogP contribution in [0.2, 0.25) is 0 Å². The number of hydrogen-bond acceptors (Lipinski definition) is 4. The number of esters is 2. The summed E-state index contributed by atoms with van der Waals surface area (Å²) in [6, 6.07) is 4.08. The topological polar surface area (TPSA) is 68.4 Å². The summed E-state index contributed by atoms with van der Waals surface area (Å²) in [4.78, 5) is 26.5. The highest BCUT2D eigenvalue weighted by molar-refractivity contribution is 6.00. The number of aromatic amines is 1. The molecule has 0 aliphatic rings. The highest BCUT2D eigenvalue weighted by Gasteiger charge is 2.21. The van der Waals surface area contributed by atoms with E-state index in [1.165, 1.54) is 18.2 Å². The molecule has 0 saturated heterocycles. The van der Waals surface area contributed by atoms with Crippen molar-refractivity contribution in [1.29, 1.82) is 0 Å². The lowest BCUT2D eigenvalue weighted by Crippen LogP contribution is -2.12. The molecule has 0 fully saturated rings. The van der Waals surface area contributed by atoms with Crippen molar-refractivity contribution < 1.29 is 23.5 Å². The van der Waals surface area contributed by atoms with Gasteiger partial charge in [-0.3, -0.25) is 4.79 Å². The predicted octanol–water partition coefficient (Wildman–Crippen LogP) is 2.59. The van der Waals surface area contributed by atoms with Crippen molar-refractivity contribution in [3.63, 3.8) is 0 Å². The molecule has 2 rings (SSSR count). The van der Waals surface area contributed by atoms with E-state index in [-0.39, 0.29) is 25.3 Å². The molecule has 21 heavy (non-hydrogen) atoms. The molecule has 1 heterocycles. The Morgan fingerprint density at radius 1 is 1.19 bits per heavy atom. The Morgan fingerprint density at radius 3 is 2.57 bits per heavy atom. The van der Waals surface area contributed by atoms with E-state index in [1.807, 2.05) is 0 Å². The van der Waals surface area contributed by atoms with E-state index in [0.29, 0.717) is 16.5 Å². The quantitative estimate of drug-likeness (QED) is 0.860. The molecule has 1 N–H and O–H groups in total. The van der Waals surface area contributed by atoms with Crippen molar-refractivity contribution in [2.45, 2.75) is 20.3 Å². The van der Waals surface area contributed by atoms with Crippen LogP contribution in [-0.4, -0.2) is 30.1 Å². The Labute approximate surface area is 121 Å². The number of nitrogens with one attached hydrogen (secondary N) is 1. The summed E-state index contributed by atoms with van der Waals surface area (Å²) >= 11 is 0. The van der Waals surface area contributed by atoms with E-state index in [0.717, 1.165) is 0 Å². The number of aromatic nitrogens is 1. The Kier molecular flexibility index (Phi) is 4.57. The number of hydrogen-bond donors (Lipinski definition) is 1. The van der Waals surface area contributed by atoms with Crippen LogP contribution in [0.3, 0.4) is 0 Å². The molecule has 0 amide bonds. The fourth-order valence-electron chi connectivity index (χ4n) is 2.14. The van der Waals surface area contributed by atoms with Crippen molar-refractivity contribution in [3.8, 4) is 0 Å². The summed E-state index contributed by atoms with van der Waals surface area (Å²) in [7, 11) is 0. The van der Waals surface area contributed by atoms with Crippen molar-refractivity contribution in [2.75, 3.05) is 13.2 Å². The molecular weight excluding hydrogens is 277 g/mol. The van der Waals surface area contributed by atoms with Gasteiger partial charge >= 0.3 is 11.9 Å². The Balaban J connectivity index is 2.50. The average molecular weight is 293 g/mol. The number of carbonyl (C=O) groups is 2. The number of rotatable bonds is 5. The van der Waals surface area contributed by atoms with Gasteiger partial charge in [-0.15, -0.1) is 0 Å². The van der Waals surface area contributed by atoms with Crippen LogP contribution in [0.15, 0.2) is 18.2 Å². The maximum atomic E-state index is 13.4. The summed E-state index contributed by atoms with van der Waals surface area (Å²) in [6.45, 7) is 3.83. The molecule has 5 nitrogen and oxygen atoms in total. The first kappa shape index (κ1) is 15.0. The van der Waals surface area contributed by atoms with Gasteiger partial charge in [0.05, 0.1) is 19.6 Å². The second kappa shape index (κ2) is 6.39. The number of fused-ring (bicyclic) bond motifs is 1. The number of carbonyl (C=O) groups excluding carboxylic acids is 2. The average Bonchev–Trinajstić information content (AvgIpc) is 2.78. The van der Waals surface area contributed by atoms with Gasteiger partial charge in [-0.25, -0.2) is 9.18 Å². The van der Waals surface area contributed by atoms with Gasteiger partial charge < -0.3 is 14.5 Å². The molecule has 1 aromatic heterocycles. The van der Waals surface area contributed by atoms with Crippen LogP contribution < -0.4 is 0 Å². The third-order valence-corrected chi connectivity index (χ3v) is 2.97. The predicted molar refractivity (Wildman–Crippen MR) is 74.6 cm³/mol. The minimum Gasteiger partial charge on any atom is -0.466 e. The zero-order valence-corrected chi connectivity index (χ0v) is 11.9. The molecule has 112 valence electrons. The van der Waals surface area contributed by atoms with Crippen LogP contribution >= 0.6 is 0 Å². The maximum Gasteiger partial charge on any atom is 0.355 e. The molecule has 0 unspecified atom stereocenters. The molecule has 1 aromatic carbocycles. The Hall–Kier alpha value is -2.37. The van der Waals surface area contributed by atoms with Crippen LogP contribution in [0.4, 0.5) is 4.39 Å². The van der Waals surface area contributed by atoms with E-state index in [4.69, 9.17) is 9.47 Å². The van der Waals surface area contributed by atoms with Crippen molar-refractivity contribution in [3.05, 3.63) is 35.3 Å². The lowest BCUT2D eigenvalue weighted by molar-refractivity contribution is -0.142. The number of benzene rings is 1. The molecule has 6 heteroatoms. The van der Waals surface area contributed by atoms with Crippen LogP contribution in [0.1, 0.15) is 29.9 Å². The molecule has 0 aliphatic heterocycles. The maximum absolute atomic E-state index is 13.4. The molecule has 0 bridgehead atoms. The molecule has 0 atom stereocenters. The van der Waals surface area contributed by atoms with Crippen LogP contribution in [0, 0.1) is 5.82 Å². The Bertz CT molecular complexity index is 678. The monoisotopic (exact) mass is 293 g/mol. The minimum absolute atomic E-state index is 0.120. The van der Waals surface area contributed by atoms with Gasteiger partial charge in [0.15, 0.2) is 0 Å². The highest BCUT2D eigenvalue weighted by atomic mass is 19.1. The first-order valence-electron chi connectivity index (χ1n) is 6.69. The zero-order valence-electron chi connectivity index (χ0n) is 11.9. The van der Waals surface area contributed by atoms with Gasteiger partial charge in [0.25, 0.3) is 0 Å². The molecule has 0 saturated carbocycles. The summed E-state index contributed by atoms with van der Waals surface area (Å²) < 4.78 is 23.3. The van der Waals surface area contributed by atoms with Gasteiger partial charge in [0.1, 0.15) is 11.5 Å². The summed E-state index contributed by atoms with van der Waals surface area (Å²) in [5.41, 5.74) is 1.12. The summed E-state index contributed by atoms with van der Waals surface area (Å²) in [5, 5.41) is 0.478. The third kappa shape index (κ3) is 3.21. The number of halogens is 1. The molecule has 0 aliphatic carbocycles. The normalized spacial score (nSPS) is 10.6. The van der Waals surface area contributed by atoms with E-state index in [1.54, 1.807) is 13.8 Å². The van der Waals surface area contributed by atoms with Crippen molar-refractivity contribution in [2.24, 2.45) is 0 Å². The van der Waals surface area contributed by atoms with Crippen LogP contribution in [0.25, 0.3) is 10.9 Å². The molecule has 0 spiro atoms. The van der Waals surface area contributed by atoms with Gasteiger partial charge in [0, 0.05) is 16.5 Å². The third-order valence-electron chi connectivity index (χ3n) is 2.97. The summed E-state index contributed by atoms with van der Waals surface area (Å²) in [5.74, 6) is -1.50. The first-order valence-corrected chi connectivity index (χ1v) is 6.69. The van der Waals surface area contributed by atoms with Gasteiger partial charge in [-0.1, -0.05) is 0 Å². The zero-order chi connectivity index (χ0) is 15.4. The van der Waals surface area contributed by atoms with E-state index < -0.39 is 17.8 Å². The number of H-pyrrole nitrogens is 1. The lowest BCUT2D eigenvalue weighted by Gasteiger charge is -2.04. The first-order chi connectivity index (χ1) is 10.1. The van der Waals surface area contributed by atoms with E-state index in [2.05, 4.69) is 4.98 Å². The van der Waals surface area contributed by atoms with Crippen molar-refractivity contribution >= 4 is 22.8 Å². The second-order valence-corrected chi connectivity index (χ2v) is 4.37. The van der Waals surface area contributed by atoms with Crippen molar-refractivity contribution in [1.82, 2.24) is 4.98 Å². The van der Waals surface area contributed by atoms with Gasteiger partial charge in [-0.2, -0.15) is 0 Å². The lowest BCUT2D eigenvalue weighted by atomic mass is 10.1. The molecular formula is C15H16FNO4. The summed E-state index contributed by atoms with van der Waals surface area (Å²) in [6.07, 6.45) is -0.120. The minimum atomic E-state index is -0.576. The second-order valence-electron chi connectivity index (χ2n) is 4.37.